The number of nitrogens with zero attached hydrogens (tertiary/aromatic N) is 2. The average Bonchev–Trinajstić information content (AvgIpc) is 2.85. The maximum atomic E-state index is 6.18. The van der Waals surface area contributed by atoms with Crippen molar-refractivity contribution >= 4 is 46.2 Å². The Morgan fingerprint density at radius 1 is 1.42 bits per heavy atom. The molecule has 6 heteroatoms. The lowest BCUT2D eigenvalue weighted by atomic mass is 10.2. The highest BCUT2D eigenvalue weighted by molar-refractivity contribution is 7.09. The van der Waals surface area contributed by atoms with Gasteiger partial charge in [-0.05, 0) is 24.4 Å². The van der Waals surface area contributed by atoms with E-state index in [0.29, 0.717) is 21.7 Å². The second-order valence-electron chi connectivity index (χ2n) is 4.40. The van der Waals surface area contributed by atoms with Crippen LogP contribution in [0, 0.1) is 0 Å². The molecule has 3 nitrogen and oxygen atoms in total. The number of pyridine rings is 1. The summed E-state index contributed by atoms with van der Waals surface area (Å²) in [6.07, 6.45) is 0.939. The normalized spacial score (nSPS) is 12.4. The number of rotatable bonds is 4. The Hall–Kier alpha value is -0.970. The van der Waals surface area contributed by atoms with E-state index in [-0.39, 0.29) is 6.04 Å². The molecule has 0 aliphatic rings. The van der Waals surface area contributed by atoms with E-state index in [1.54, 1.807) is 17.4 Å². The molecule has 2 heterocycles. The predicted molar refractivity (Wildman–Crippen MR) is 84.6 cm³/mol. The molecule has 2 rings (SSSR count). The fourth-order valence-corrected chi connectivity index (χ4v) is 3.10. The molecular formula is C13H15Cl2N3S. The summed E-state index contributed by atoms with van der Waals surface area (Å²) in [5.74, 6) is 0.962. The third kappa shape index (κ3) is 3.32. The standard InChI is InChI=1S/C13H15Cl2N3S/c1-8(6-9-4-3-5-19-9)18(2)13-11(15)7-10(14)12(16)17-13/h3-5,7-8H,6H2,1-2H3,(H2,16,17). The zero-order valence-electron chi connectivity index (χ0n) is 10.7. The first kappa shape index (κ1) is 14.4. The summed E-state index contributed by atoms with van der Waals surface area (Å²) in [6.45, 7) is 2.13. The largest absolute Gasteiger partial charge is 0.382 e. The number of likely N-dealkylation sites (N-methyl/N-ethyl adjacent to an activating group) is 1. The van der Waals surface area contributed by atoms with Gasteiger partial charge in [-0.3, -0.25) is 0 Å². The van der Waals surface area contributed by atoms with Gasteiger partial charge < -0.3 is 10.6 Å². The van der Waals surface area contributed by atoms with Gasteiger partial charge in [0.25, 0.3) is 0 Å². The van der Waals surface area contributed by atoms with Crippen LogP contribution in [0.5, 0.6) is 0 Å². The van der Waals surface area contributed by atoms with Gasteiger partial charge in [0.1, 0.15) is 11.6 Å². The van der Waals surface area contributed by atoms with Crippen molar-refractivity contribution in [3.63, 3.8) is 0 Å². The fourth-order valence-electron chi connectivity index (χ4n) is 1.78. The Bertz CT molecular complexity index is 557. The van der Waals surface area contributed by atoms with Gasteiger partial charge >= 0.3 is 0 Å². The summed E-state index contributed by atoms with van der Waals surface area (Å²) < 4.78 is 0. The van der Waals surface area contributed by atoms with Gasteiger partial charge in [0.05, 0.1) is 10.0 Å². The molecule has 0 bridgehead atoms. The van der Waals surface area contributed by atoms with E-state index in [9.17, 15) is 0 Å². The first-order chi connectivity index (χ1) is 8.99. The molecule has 0 saturated carbocycles. The van der Waals surface area contributed by atoms with E-state index in [2.05, 4.69) is 29.4 Å². The van der Waals surface area contributed by atoms with E-state index in [1.807, 2.05) is 11.9 Å². The summed E-state index contributed by atoms with van der Waals surface area (Å²) in [5, 5.41) is 2.97. The summed E-state index contributed by atoms with van der Waals surface area (Å²) in [5.41, 5.74) is 5.74. The van der Waals surface area contributed by atoms with Gasteiger partial charge in [-0.2, -0.15) is 0 Å². The van der Waals surface area contributed by atoms with Crippen LogP contribution in [0.25, 0.3) is 0 Å². The monoisotopic (exact) mass is 315 g/mol. The molecule has 0 aromatic carbocycles. The molecule has 0 spiro atoms. The van der Waals surface area contributed by atoms with Gasteiger partial charge in [-0.1, -0.05) is 29.3 Å². The lowest BCUT2D eigenvalue weighted by Gasteiger charge is -2.26. The van der Waals surface area contributed by atoms with Crippen molar-refractivity contribution in [1.29, 1.82) is 0 Å². The summed E-state index contributed by atoms with van der Waals surface area (Å²) in [7, 11) is 1.96. The topological polar surface area (TPSA) is 42.2 Å². The molecule has 0 aliphatic carbocycles. The quantitative estimate of drug-likeness (QED) is 0.923. The van der Waals surface area contributed by atoms with Crippen molar-refractivity contribution in [2.24, 2.45) is 0 Å². The molecule has 0 aliphatic heterocycles. The van der Waals surface area contributed by atoms with Crippen LogP contribution < -0.4 is 10.6 Å². The van der Waals surface area contributed by atoms with Crippen LogP contribution >= 0.6 is 34.5 Å². The van der Waals surface area contributed by atoms with Gasteiger partial charge in [0, 0.05) is 24.4 Å². The molecule has 0 radical (unpaired) electrons. The number of thiophene rings is 1. The first-order valence-corrected chi connectivity index (χ1v) is 7.49. The van der Waals surface area contributed by atoms with Gasteiger partial charge in [-0.25, -0.2) is 4.98 Å². The van der Waals surface area contributed by atoms with Crippen molar-refractivity contribution in [2.75, 3.05) is 17.7 Å². The maximum Gasteiger partial charge on any atom is 0.149 e. The van der Waals surface area contributed by atoms with Gasteiger partial charge in [-0.15, -0.1) is 11.3 Å². The Labute approximate surface area is 127 Å². The third-order valence-electron chi connectivity index (χ3n) is 3.01. The van der Waals surface area contributed by atoms with Crippen LogP contribution in [0.3, 0.4) is 0 Å². The molecule has 0 fully saturated rings. The van der Waals surface area contributed by atoms with Crippen LogP contribution in [-0.4, -0.2) is 18.1 Å². The molecule has 19 heavy (non-hydrogen) atoms. The Balaban J connectivity index is 2.19. The maximum absolute atomic E-state index is 6.18. The Morgan fingerprint density at radius 3 is 2.79 bits per heavy atom. The van der Waals surface area contributed by atoms with E-state index in [1.165, 1.54) is 4.88 Å². The van der Waals surface area contributed by atoms with Crippen molar-refractivity contribution in [3.8, 4) is 0 Å². The van der Waals surface area contributed by atoms with Crippen molar-refractivity contribution < 1.29 is 0 Å². The molecule has 0 saturated heterocycles. The zero-order chi connectivity index (χ0) is 14.0. The zero-order valence-corrected chi connectivity index (χ0v) is 13.1. The minimum Gasteiger partial charge on any atom is -0.382 e. The van der Waals surface area contributed by atoms with Crippen molar-refractivity contribution in [2.45, 2.75) is 19.4 Å². The van der Waals surface area contributed by atoms with Gasteiger partial charge in [0.2, 0.25) is 0 Å². The number of hydrogen-bond acceptors (Lipinski definition) is 4. The molecule has 0 amide bonds. The second-order valence-corrected chi connectivity index (χ2v) is 6.25. The van der Waals surface area contributed by atoms with E-state index >= 15 is 0 Å². The van der Waals surface area contributed by atoms with E-state index in [0.717, 1.165) is 6.42 Å². The minimum absolute atomic E-state index is 0.268. The molecule has 2 N–H and O–H groups in total. The number of halogens is 2. The minimum atomic E-state index is 0.268. The molecule has 2 aromatic rings. The lowest BCUT2D eigenvalue weighted by Crippen LogP contribution is -2.31. The smallest absolute Gasteiger partial charge is 0.149 e. The molecule has 1 unspecified atom stereocenters. The third-order valence-corrected chi connectivity index (χ3v) is 4.49. The molecule has 102 valence electrons. The predicted octanol–water partition coefficient (Wildman–Crippen LogP) is 4.10. The highest BCUT2D eigenvalue weighted by Gasteiger charge is 2.17. The number of anilines is 2. The number of nitrogen functional groups attached to an aromatic ring is 1. The SMILES string of the molecule is CC(Cc1cccs1)N(C)c1nc(N)c(Cl)cc1Cl. The molecule has 2 aromatic heterocycles. The van der Waals surface area contributed by atoms with Crippen LogP contribution in [0.1, 0.15) is 11.8 Å². The van der Waals surface area contributed by atoms with Crippen LogP contribution in [0.2, 0.25) is 10.0 Å². The highest BCUT2D eigenvalue weighted by Crippen LogP contribution is 2.30. The highest BCUT2D eigenvalue weighted by atomic mass is 35.5. The second kappa shape index (κ2) is 5.99. The van der Waals surface area contributed by atoms with Gasteiger partial charge in [0.15, 0.2) is 0 Å². The van der Waals surface area contributed by atoms with Crippen molar-refractivity contribution in [3.05, 3.63) is 38.5 Å². The van der Waals surface area contributed by atoms with Crippen molar-refractivity contribution in [1.82, 2.24) is 4.98 Å². The number of aromatic nitrogens is 1. The molecule has 1 atom stereocenters. The lowest BCUT2D eigenvalue weighted by molar-refractivity contribution is 0.681. The first-order valence-electron chi connectivity index (χ1n) is 5.85. The molecular weight excluding hydrogens is 301 g/mol. The average molecular weight is 316 g/mol. The Kier molecular flexibility index (Phi) is 4.55. The summed E-state index contributed by atoms with van der Waals surface area (Å²) in [4.78, 5) is 7.62. The summed E-state index contributed by atoms with van der Waals surface area (Å²) >= 11 is 13.8. The van der Waals surface area contributed by atoms with Crippen LogP contribution in [0.15, 0.2) is 23.6 Å². The van der Waals surface area contributed by atoms with Crippen LogP contribution in [-0.2, 0) is 6.42 Å². The summed E-state index contributed by atoms with van der Waals surface area (Å²) in [6, 6.07) is 6.08. The van der Waals surface area contributed by atoms with E-state index < -0.39 is 0 Å². The Morgan fingerprint density at radius 2 is 2.16 bits per heavy atom. The number of hydrogen-bond donors (Lipinski definition) is 1. The fraction of sp³-hybridized carbons (Fsp3) is 0.308. The van der Waals surface area contributed by atoms with E-state index in [4.69, 9.17) is 28.9 Å². The van der Waals surface area contributed by atoms with Crippen LogP contribution in [0.4, 0.5) is 11.6 Å². The number of nitrogens with two attached hydrogens (primary N) is 1.